The lowest BCUT2D eigenvalue weighted by molar-refractivity contribution is -0.113. The van der Waals surface area contributed by atoms with Crippen LogP contribution in [0, 0.1) is 6.92 Å². The highest BCUT2D eigenvalue weighted by molar-refractivity contribution is 8.01. The van der Waals surface area contributed by atoms with Gasteiger partial charge in [-0.05, 0) is 37.5 Å². The molecule has 1 aromatic carbocycles. The zero-order chi connectivity index (χ0) is 16.8. The second kappa shape index (κ2) is 8.46. The molecular weight excluding hydrogens is 344 g/mol. The van der Waals surface area contributed by atoms with Crippen LogP contribution in [0.25, 0.3) is 0 Å². The molecule has 0 aliphatic carbocycles. The van der Waals surface area contributed by atoms with E-state index in [1.165, 1.54) is 23.1 Å². The number of ether oxygens (including phenoxy) is 1. The molecule has 0 saturated carbocycles. The second-order valence-corrected chi connectivity index (χ2v) is 7.80. The summed E-state index contributed by atoms with van der Waals surface area (Å²) in [6.45, 7) is 3.60. The summed E-state index contributed by atoms with van der Waals surface area (Å²) in [7, 11) is 0. The number of carbonyl (C=O) groups excluding carboxylic acids is 1. The van der Waals surface area contributed by atoms with Crippen LogP contribution in [0.15, 0.2) is 28.6 Å². The van der Waals surface area contributed by atoms with Crippen molar-refractivity contribution in [2.75, 3.05) is 29.5 Å². The Morgan fingerprint density at radius 3 is 3.17 bits per heavy atom. The maximum Gasteiger partial charge on any atom is 0.234 e. The van der Waals surface area contributed by atoms with E-state index in [-0.39, 0.29) is 12.0 Å². The van der Waals surface area contributed by atoms with Crippen LogP contribution in [0.4, 0.5) is 10.8 Å². The third kappa shape index (κ3) is 5.19. The van der Waals surface area contributed by atoms with E-state index in [0.717, 1.165) is 46.7 Å². The van der Waals surface area contributed by atoms with Crippen molar-refractivity contribution in [2.45, 2.75) is 30.2 Å². The van der Waals surface area contributed by atoms with E-state index < -0.39 is 0 Å². The predicted molar refractivity (Wildman–Crippen MR) is 97.9 cm³/mol. The molecule has 2 aromatic rings. The van der Waals surface area contributed by atoms with E-state index in [9.17, 15) is 4.79 Å². The molecule has 1 saturated heterocycles. The van der Waals surface area contributed by atoms with Gasteiger partial charge in [-0.25, -0.2) is 0 Å². The Kier molecular flexibility index (Phi) is 6.06. The zero-order valence-corrected chi connectivity index (χ0v) is 15.1. The highest BCUT2D eigenvalue weighted by Crippen LogP contribution is 2.26. The lowest BCUT2D eigenvalue weighted by Crippen LogP contribution is -2.18. The molecule has 0 radical (unpaired) electrons. The average molecular weight is 364 g/mol. The number of anilines is 2. The molecule has 128 valence electrons. The normalized spacial score (nSPS) is 17.0. The monoisotopic (exact) mass is 364 g/mol. The molecular formula is C16H20N4O2S2. The molecule has 1 aliphatic heterocycles. The van der Waals surface area contributed by atoms with Gasteiger partial charge in [0.1, 0.15) is 0 Å². The fraction of sp³-hybridized carbons (Fsp3) is 0.438. The maximum absolute atomic E-state index is 12.0. The Labute approximate surface area is 149 Å². The number of hydrogen-bond donors (Lipinski definition) is 2. The predicted octanol–water partition coefficient (Wildman–Crippen LogP) is 3.17. The van der Waals surface area contributed by atoms with Crippen LogP contribution >= 0.6 is 23.1 Å². The third-order valence-corrected chi connectivity index (χ3v) is 5.55. The van der Waals surface area contributed by atoms with Gasteiger partial charge in [0.05, 0.1) is 11.9 Å². The maximum atomic E-state index is 12.0. The summed E-state index contributed by atoms with van der Waals surface area (Å²) in [5.41, 5.74) is 1.93. The topological polar surface area (TPSA) is 76.1 Å². The van der Waals surface area contributed by atoms with Crippen molar-refractivity contribution in [2.24, 2.45) is 0 Å². The van der Waals surface area contributed by atoms with Crippen LogP contribution in [0.5, 0.6) is 0 Å². The first-order valence-corrected chi connectivity index (χ1v) is 9.67. The Morgan fingerprint density at radius 2 is 2.38 bits per heavy atom. The lowest BCUT2D eigenvalue weighted by Gasteiger charge is -2.08. The fourth-order valence-electron chi connectivity index (χ4n) is 2.39. The standard InChI is InChI=1S/C16H20N4O2S2/c1-11-4-2-5-12(8-11)18-14(21)10-23-16-20-19-15(24-16)17-9-13-6-3-7-22-13/h2,4-5,8,13H,3,6-7,9-10H2,1H3,(H,17,19)(H,18,21)/t13-/m0/s1. The molecule has 1 aromatic heterocycles. The second-order valence-electron chi connectivity index (χ2n) is 5.60. The van der Waals surface area contributed by atoms with Crippen molar-refractivity contribution < 1.29 is 9.53 Å². The molecule has 3 rings (SSSR count). The molecule has 1 aliphatic rings. The van der Waals surface area contributed by atoms with Gasteiger partial charge in [-0.15, -0.1) is 10.2 Å². The zero-order valence-electron chi connectivity index (χ0n) is 13.4. The van der Waals surface area contributed by atoms with Gasteiger partial charge in [-0.3, -0.25) is 4.79 Å². The highest BCUT2D eigenvalue weighted by Gasteiger charge is 2.16. The lowest BCUT2D eigenvalue weighted by atomic mass is 10.2. The summed E-state index contributed by atoms with van der Waals surface area (Å²) in [6, 6.07) is 7.75. The summed E-state index contributed by atoms with van der Waals surface area (Å²) in [4.78, 5) is 12.0. The SMILES string of the molecule is Cc1cccc(NC(=O)CSc2nnc(NC[C@@H]3CCCO3)s2)c1. The van der Waals surface area contributed by atoms with E-state index in [0.29, 0.717) is 5.75 Å². The minimum Gasteiger partial charge on any atom is -0.376 e. The van der Waals surface area contributed by atoms with Crippen molar-refractivity contribution in [1.82, 2.24) is 10.2 Å². The number of amides is 1. The Morgan fingerprint density at radius 1 is 1.46 bits per heavy atom. The van der Waals surface area contributed by atoms with Crippen LogP contribution in [0.1, 0.15) is 18.4 Å². The number of benzene rings is 1. The molecule has 8 heteroatoms. The van der Waals surface area contributed by atoms with Gasteiger partial charge >= 0.3 is 0 Å². The Balaban J connectivity index is 1.42. The van der Waals surface area contributed by atoms with Crippen molar-refractivity contribution in [3.8, 4) is 0 Å². The highest BCUT2D eigenvalue weighted by atomic mass is 32.2. The van der Waals surface area contributed by atoms with Crippen LogP contribution < -0.4 is 10.6 Å². The quantitative estimate of drug-likeness (QED) is 0.735. The molecule has 1 amide bonds. The van der Waals surface area contributed by atoms with Crippen LogP contribution in [-0.2, 0) is 9.53 Å². The van der Waals surface area contributed by atoms with Crippen LogP contribution in [0.3, 0.4) is 0 Å². The number of nitrogens with one attached hydrogen (secondary N) is 2. The van der Waals surface area contributed by atoms with E-state index >= 15 is 0 Å². The van der Waals surface area contributed by atoms with E-state index in [1.54, 1.807) is 0 Å². The van der Waals surface area contributed by atoms with Crippen molar-refractivity contribution in [3.63, 3.8) is 0 Å². The van der Waals surface area contributed by atoms with Crippen LogP contribution in [-0.4, -0.2) is 41.1 Å². The summed E-state index contributed by atoms with van der Waals surface area (Å²) < 4.78 is 6.34. The average Bonchev–Trinajstić information content (AvgIpc) is 3.23. The smallest absolute Gasteiger partial charge is 0.234 e. The van der Waals surface area contributed by atoms with Gasteiger partial charge in [0.2, 0.25) is 11.0 Å². The Hall–Kier alpha value is -1.64. The number of carbonyl (C=O) groups is 1. The molecule has 24 heavy (non-hydrogen) atoms. The fourth-order valence-corrected chi connectivity index (χ4v) is 3.95. The molecule has 0 unspecified atom stereocenters. The van der Waals surface area contributed by atoms with Gasteiger partial charge < -0.3 is 15.4 Å². The number of rotatable bonds is 7. The molecule has 2 heterocycles. The molecule has 6 nitrogen and oxygen atoms in total. The molecule has 0 spiro atoms. The van der Waals surface area contributed by atoms with Gasteiger partial charge in [0, 0.05) is 18.8 Å². The molecule has 1 atom stereocenters. The summed E-state index contributed by atoms with van der Waals surface area (Å²) in [5, 5.41) is 15.1. The first kappa shape index (κ1) is 17.2. The molecule has 0 bridgehead atoms. The Bertz CT molecular complexity index is 686. The van der Waals surface area contributed by atoms with E-state index in [1.807, 2.05) is 31.2 Å². The molecule has 2 N–H and O–H groups in total. The van der Waals surface area contributed by atoms with E-state index in [4.69, 9.17) is 4.74 Å². The first-order chi connectivity index (χ1) is 11.7. The number of nitrogens with zero attached hydrogens (tertiary/aromatic N) is 2. The largest absolute Gasteiger partial charge is 0.376 e. The summed E-state index contributed by atoms with van der Waals surface area (Å²) in [5.74, 6) is 0.267. The number of hydrogen-bond acceptors (Lipinski definition) is 7. The van der Waals surface area contributed by atoms with E-state index in [2.05, 4.69) is 20.8 Å². The summed E-state index contributed by atoms with van der Waals surface area (Å²) in [6.07, 6.45) is 2.48. The number of aryl methyl sites for hydroxylation is 1. The number of aromatic nitrogens is 2. The minimum absolute atomic E-state index is 0.0466. The minimum atomic E-state index is -0.0466. The van der Waals surface area contributed by atoms with Crippen molar-refractivity contribution >= 4 is 39.8 Å². The van der Waals surface area contributed by atoms with Gasteiger partial charge in [-0.1, -0.05) is 35.2 Å². The van der Waals surface area contributed by atoms with Gasteiger partial charge in [-0.2, -0.15) is 0 Å². The summed E-state index contributed by atoms with van der Waals surface area (Å²) >= 11 is 2.85. The number of thioether (sulfide) groups is 1. The molecule has 1 fully saturated rings. The van der Waals surface area contributed by atoms with Gasteiger partial charge in [0.25, 0.3) is 0 Å². The van der Waals surface area contributed by atoms with Gasteiger partial charge in [0.15, 0.2) is 4.34 Å². The van der Waals surface area contributed by atoms with Crippen molar-refractivity contribution in [1.29, 1.82) is 0 Å². The third-order valence-electron chi connectivity index (χ3n) is 3.54. The van der Waals surface area contributed by atoms with Crippen molar-refractivity contribution in [3.05, 3.63) is 29.8 Å². The first-order valence-electron chi connectivity index (χ1n) is 7.87. The van der Waals surface area contributed by atoms with Crippen LogP contribution in [0.2, 0.25) is 0 Å².